The molecule has 0 heterocycles. The summed E-state index contributed by atoms with van der Waals surface area (Å²) in [6.07, 6.45) is 3.88. The molecule has 0 saturated heterocycles. The first-order valence-electron chi connectivity index (χ1n) is 4.16. The molecule has 76 valence electrons. The zero-order valence-corrected chi connectivity index (χ0v) is 9.89. The predicted octanol–water partition coefficient (Wildman–Crippen LogP) is 1.62. The topological polar surface area (TPSA) is 52.3 Å². The maximum Gasteiger partial charge on any atom is 0.327 e. The van der Waals surface area contributed by atoms with Crippen molar-refractivity contribution < 1.29 is 30.7 Å². The van der Waals surface area contributed by atoms with Gasteiger partial charge >= 0.3 is 5.97 Å². The number of carbonyl (C=O) groups is 1. The van der Waals surface area contributed by atoms with E-state index < -0.39 is 0 Å². The summed E-state index contributed by atoms with van der Waals surface area (Å²) < 4.78 is 0. The van der Waals surface area contributed by atoms with Gasteiger partial charge in [0.05, 0.1) is 5.92 Å². The molecule has 4 heteroatoms. The first-order valence-corrected chi connectivity index (χ1v) is 4.16. The molecule has 0 bridgehead atoms. The zero-order valence-electron chi connectivity index (χ0n) is 7.62. The predicted molar refractivity (Wildman–Crippen MR) is 43.6 cm³/mol. The van der Waals surface area contributed by atoms with Gasteiger partial charge in [-0.05, 0) is 12.8 Å². The molecule has 0 fully saturated rings. The van der Waals surface area contributed by atoms with E-state index in [9.17, 15) is 4.79 Å². The van der Waals surface area contributed by atoms with Crippen LogP contribution >= 0.6 is 0 Å². The van der Waals surface area contributed by atoms with Gasteiger partial charge in [-0.15, -0.1) is 0 Å². The van der Waals surface area contributed by atoms with Crippen LogP contribution < -0.4 is 5.90 Å². The molecule has 0 aromatic carbocycles. The van der Waals surface area contributed by atoms with Gasteiger partial charge in [-0.2, -0.15) is 5.90 Å². The third-order valence-electron chi connectivity index (χ3n) is 1.85. The SMILES string of the molecule is CCCCC(CC)C(=O)ON.[Pt]. The molecule has 1 atom stereocenters. The van der Waals surface area contributed by atoms with Crippen LogP contribution in [0, 0.1) is 5.92 Å². The standard InChI is InChI=1S/C8H17NO2.Pt/c1-3-5-6-7(4-2)8(10)11-9;/h7H,3-6,9H2,1-2H3;. The number of rotatable bonds is 5. The Hall–Kier alpha value is 0.118. The molecule has 0 aromatic rings. The fraction of sp³-hybridized carbons (Fsp3) is 0.875. The van der Waals surface area contributed by atoms with E-state index in [1.54, 1.807) is 0 Å². The Bertz CT molecular complexity index is 120. The molecule has 0 saturated carbocycles. The molecule has 2 N–H and O–H groups in total. The van der Waals surface area contributed by atoms with Crippen LogP contribution in [0.2, 0.25) is 0 Å². The van der Waals surface area contributed by atoms with Crippen molar-refractivity contribution in [3.63, 3.8) is 0 Å². The van der Waals surface area contributed by atoms with Crippen molar-refractivity contribution in [2.45, 2.75) is 39.5 Å². The van der Waals surface area contributed by atoms with Gasteiger partial charge in [0.2, 0.25) is 0 Å². The van der Waals surface area contributed by atoms with Crippen molar-refractivity contribution >= 4 is 5.97 Å². The minimum atomic E-state index is -0.277. The van der Waals surface area contributed by atoms with Gasteiger partial charge in [0.25, 0.3) is 0 Å². The van der Waals surface area contributed by atoms with Crippen LogP contribution in [0.25, 0.3) is 0 Å². The average molecular weight is 354 g/mol. The number of carbonyl (C=O) groups excluding carboxylic acids is 1. The van der Waals surface area contributed by atoms with E-state index in [1.807, 2.05) is 6.92 Å². The Labute approximate surface area is 88.3 Å². The summed E-state index contributed by atoms with van der Waals surface area (Å²) in [5.41, 5.74) is 0. The Balaban J connectivity index is 0. The first kappa shape index (κ1) is 14.6. The Morgan fingerprint density at radius 1 is 1.50 bits per heavy atom. The molecule has 1 unspecified atom stereocenters. The summed E-state index contributed by atoms with van der Waals surface area (Å²) in [5.74, 6) is 4.49. The quantitative estimate of drug-likeness (QED) is 0.764. The smallest absolute Gasteiger partial charge is 0.327 e. The van der Waals surface area contributed by atoms with E-state index in [0.717, 1.165) is 25.7 Å². The van der Waals surface area contributed by atoms with E-state index in [4.69, 9.17) is 5.90 Å². The molecule has 0 aliphatic heterocycles. The molecule has 0 aliphatic carbocycles. The van der Waals surface area contributed by atoms with E-state index in [0.29, 0.717) is 0 Å². The normalized spacial score (nSPS) is 11.6. The third-order valence-corrected chi connectivity index (χ3v) is 1.85. The molecular weight excluding hydrogens is 337 g/mol. The van der Waals surface area contributed by atoms with Crippen LogP contribution in [-0.2, 0) is 30.7 Å². The summed E-state index contributed by atoms with van der Waals surface area (Å²) in [5, 5.41) is 0. The van der Waals surface area contributed by atoms with Crippen LogP contribution in [-0.4, -0.2) is 5.97 Å². The largest absolute Gasteiger partial charge is 0.373 e. The van der Waals surface area contributed by atoms with E-state index >= 15 is 0 Å². The van der Waals surface area contributed by atoms with Crippen LogP contribution in [0.4, 0.5) is 0 Å². The van der Waals surface area contributed by atoms with Crippen molar-refractivity contribution in [2.75, 3.05) is 0 Å². The van der Waals surface area contributed by atoms with Crippen molar-refractivity contribution in [1.29, 1.82) is 0 Å². The molecule has 0 aromatic heterocycles. The average Bonchev–Trinajstić information content (AvgIpc) is 2.05. The molecule has 0 amide bonds. The minimum absolute atomic E-state index is 0. The molecule has 0 aliphatic rings. The van der Waals surface area contributed by atoms with E-state index in [2.05, 4.69) is 11.8 Å². The Morgan fingerprint density at radius 2 is 2.08 bits per heavy atom. The van der Waals surface area contributed by atoms with E-state index in [-0.39, 0.29) is 33.0 Å². The summed E-state index contributed by atoms with van der Waals surface area (Å²) in [7, 11) is 0. The number of nitrogens with two attached hydrogens (primary N) is 1. The number of hydrogen-bond donors (Lipinski definition) is 1. The van der Waals surface area contributed by atoms with Crippen LogP contribution in [0.3, 0.4) is 0 Å². The van der Waals surface area contributed by atoms with Crippen LogP contribution in [0.15, 0.2) is 0 Å². The van der Waals surface area contributed by atoms with Gasteiger partial charge in [-0.1, -0.05) is 26.7 Å². The van der Waals surface area contributed by atoms with Gasteiger partial charge in [0.1, 0.15) is 0 Å². The van der Waals surface area contributed by atoms with Crippen molar-refractivity contribution in [1.82, 2.24) is 0 Å². The van der Waals surface area contributed by atoms with Gasteiger partial charge in [-0.3, -0.25) is 4.79 Å². The van der Waals surface area contributed by atoms with Crippen molar-refractivity contribution in [3.05, 3.63) is 0 Å². The molecule has 0 rings (SSSR count). The summed E-state index contributed by atoms with van der Waals surface area (Å²) >= 11 is 0. The second-order valence-corrected chi connectivity index (χ2v) is 2.68. The monoisotopic (exact) mass is 354 g/mol. The fourth-order valence-electron chi connectivity index (χ4n) is 1.04. The van der Waals surface area contributed by atoms with Gasteiger partial charge in [-0.25, -0.2) is 0 Å². The van der Waals surface area contributed by atoms with E-state index in [1.165, 1.54) is 0 Å². The minimum Gasteiger partial charge on any atom is -0.373 e. The van der Waals surface area contributed by atoms with Crippen LogP contribution in [0.1, 0.15) is 39.5 Å². The Kier molecular flexibility index (Phi) is 11.2. The fourth-order valence-corrected chi connectivity index (χ4v) is 1.04. The third kappa shape index (κ3) is 5.73. The number of unbranched alkanes of at least 4 members (excludes halogenated alkanes) is 1. The molecule has 12 heavy (non-hydrogen) atoms. The van der Waals surface area contributed by atoms with Crippen molar-refractivity contribution in [2.24, 2.45) is 11.8 Å². The molecule has 0 spiro atoms. The second kappa shape index (κ2) is 9.21. The maximum absolute atomic E-state index is 10.9. The summed E-state index contributed by atoms with van der Waals surface area (Å²) in [6.45, 7) is 4.07. The maximum atomic E-state index is 10.9. The Morgan fingerprint density at radius 3 is 2.42 bits per heavy atom. The summed E-state index contributed by atoms with van der Waals surface area (Å²) in [4.78, 5) is 15.1. The first-order chi connectivity index (χ1) is 5.26. The molecular formula is C8H17NO2Pt. The number of hydrogen-bond acceptors (Lipinski definition) is 3. The summed E-state index contributed by atoms with van der Waals surface area (Å²) in [6, 6.07) is 0. The van der Waals surface area contributed by atoms with Crippen molar-refractivity contribution in [3.8, 4) is 0 Å². The zero-order chi connectivity index (χ0) is 8.69. The molecule has 3 nitrogen and oxygen atoms in total. The second-order valence-electron chi connectivity index (χ2n) is 2.68. The van der Waals surface area contributed by atoms with Gasteiger partial charge in [0, 0.05) is 21.1 Å². The van der Waals surface area contributed by atoms with Crippen LogP contribution in [0.5, 0.6) is 0 Å². The van der Waals surface area contributed by atoms with Gasteiger partial charge in [0.15, 0.2) is 0 Å². The van der Waals surface area contributed by atoms with Gasteiger partial charge < -0.3 is 4.84 Å². The molecule has 0 radical (unpaired) electrons.